The number of methoxy groups -OCH3 is 1. The molecule has 21 heavy (non-hydrogen) atoms. The van der Waals surface area contributed by atoms with Gasteiger partial charge in [-0.1, -0.05) is 0 Å². The van der Waals surface area contributed by atoms with Gasteiger partial charge in [0, 0.05) is 5.56 Å². The molecule has 0 radical (unpaired) electrons. The Morgan fingerprint density at radius 3 is 2.67 bits per heavy atom. The van der Waals surface area contributed by atoms with Gasteiger partial charge in [0.1, 0.15) is 5.75 Å². The van der Waals surface area contributed by atoms with Crippen molar-refractivity contribution in [2.24, 2.45) is 0 Å². The van der Waals surface area contributed by atoms with Crippen molar-refractivity contribution in [3.8, 4) is 17.1 Å². The summed E-state index contributed by atoms with van der Waals surface area (Å²) in [5.74, 6) is -0.462. The summed E-state index contributed by atoms with van der Waals surface area (Å²) < 4.78 is 10.4. The van der Waals surface area contributed by atoms with Gasteiger partial charge in [0.25, 0.3) is 11.8 Å². The van der Waals surface area contributed by atoms with Gasteiger partial charge in [0.15, 0.2) is 5.76 Å². The lowest BCUT2D eigenvalue weighted by Crippen LogP contribution is -2.35. The van der Waals surface area contributed by atoms with Gasteiger partial charge in [-0.15, -0.1) is 0 Å². The van der Waals surface area contributed by atoms with Gasteiger partial charge < -0.3 is 14.5 Å². The number of hydroxylamine groups is 1. The van der Waals surface area contributed by atoms with Crippen LogP contribution in [-0.4, -0.2) is 35.7 Å². The third kappa shape index (κ3) is 3.57. The number of nitrogens with zero attached hydrogens (tertiary/aromatic N) is 1. The number of benzene rings is 1. The highest BCUT2D eigenvalue weighted by Crippen LogP contribution is 2.22. The highest BCUT2D eigenvalue weighted by atomic mass is 16.5. The molecule has 0 spiro atoms. The molecule has 1 heterocycles. The Hall–Kier alpha value is -2.87. The number of aromatic nitrogens is 1. The number of carbonyl (C=O) groups is 2. The van der Waals surface area contributed by atoms with Crippen LogP contribution in [0.25, 0.3) is 11.3 Å². The second kappa shape index (κ2) is 6.53. The predicted octanol–water partition coefficient (Wildman–Crippen LogP) is 0.585. The van der Waals surface area contributed by atoms with Crippen LogP contribution in [0.4, 0.5) is 0 Å². The van der Waals surface area contributed by atoms with Gasteiger partial charge in [-0.3, -0.25) is 14.8 Å². The van der Waals surface area contributed by atoms with Crippen LogP contribution in [0.5, 0.6) is 5.75 Å². The van der Waals surface area contributed by atoms with Crippen molar-refractivity contribution in [3.63, 3.8) is 0 Å². The summed E-state index contributed by atoms with van der Waals surface area (Å²) in [6.07, 6.45) is 1.41. The van der Waals surface area contributed by atoms with Gasteiger partial charge in [-0.25, -0.2) is 10.5 Å². The first-order chi connectivity index (χ1) is 10.1. The van der Waals surface area contributed by atoms with Crippen LogP contribution in [0.3, 0.4) is 0 Å². The second-order valence-electron chi connectivity index (χ2n) is 3.98. The molecule has 2 amide bonds. The lowest BCUT2D eigenvalue weighted by Gasteiger charge is -2.01. The fourth-order valence-electron chi connectivity index (χ4n) is 1.54. The molecule has 110 valence electrons. The molecule has 0 bridgehead atoms. The van der Waals surface area contributed by atoms with E-state index in [9.17, 15) is 9.59 Å². The standard InChI is InChI=1S/C13H13N3O5/c1-20-9-4-2-8(3-5-9)10-6-15-13(21-10)12(18)14-7-11(17)16-19/h2-6,19H,7H2,1H3,(H,14,18)(H,16,17). The lowest BCUT2D eigenvalue weighted by atomic mass is 10.2. The Bertz CT molecular complexity index is 636. The summed E-state index contributed by atoms with van der Waals surface area (Å²) in [6, 6.07) is 7.03. The fourth-order valence-corrected chi connectivity index (χ4v) is 1.54. The Morgan fingerprint density at radius 1 is 1.33 bits per heavy atom. The van der Waals surface area contributed by atoms with Gasteiger partial charge in [-0.05, 0) is 24.3 Å². The van der Waals surface area contributed by atoms with E-state index in [1.807, 2.05) is 0 Å². The maximum Gasteiger partial charge on any atom is 0.307 e. The number of ether oxygens (including phenoxy) is 1. The molecule has 2 aromatic rings. The SMILES string of the molecule is COc1ccc(-c2cnc(C(=O)NCC(=O)NO)o2)cc1. The molecule has 0 aliphatic heterocycles. The topological polar surface area (TPSA) is 114 Å². The summed E-state index contributed by atoms with van der Waals surface area (Å²) in [4.78, 5) is 26.3. The van der Waals surface area contributed by atoms with Crippen molar-refractivity contribution in [1.29, 1.82) is 0 Å². The molecular formula is C13H13N3O5. The number of amides is 2. The van der Waals surface area contributed by atoms with Gasteiger partial charge in [-0.2, -0.15) is 0 Å². The van der Waals surface area contributed by atoms with E-state index in [0.29, 0.717) is 11.5 Å². The smallest absolute Gasteiger partial charge is 0.307 e. The van der Waals surface area contributed by atoms with E-state index in [0.717, 1.165) is 5.56 Å². The van der Waals surface area contributed by atoms with Crippen molar-refractivity contribution in [2.45, 2.75) is 0 Å². The first kappa shape index (κ1) is 14.5. The maximum atomic E-state index is 11.7. The summed E-state index contributed by atoms with van der Waals surface area (Å²) in [5, 5.41) is 10.6. The molecule has 0 atom stereocenters. The fraction of sp³-hybridized carbons (Fsp3) is 0.154. The Labute approximate surface area is 119 Å². The molecule has 2 rings (SSSR count). The van der Waals surface area contributed by atoms with Crippen molar-refractivity contribution < 1.29 is 24.0 Å². The highest BCUT2D eigenvalue weighted by Gasteiger charge is 2.15. The third-order valence-electron chi connectivity index (χ3n) is 2.61. The molecule has 0 unspecified atom stereocenters. The lowest BCUT2D eigenvalue weighted by molar-refractivity contribution is -0.128. The number of rotatable bonds is 5. The number of oxazole rings is 1. The normalized spacial score (nSPS) is 10.0. The molecule has 0 aliphatic rings. The highest BCUT2D eigenvalue weighted by molar-refractivity contribution is 5.92. The first-order valence-electron chi connectivity index (χ1n) is 5.95. The predicted molar refractivity (Wildman–Crippen MR) is 70.8 cm³/mol. The minimum absolute atomic E-state index is 0.174. The molecule has 0 fully saturated rings. The zero-order valence-corrected chi connectivity index (χ0v) is 11.1. The molecule has 8 nitrogen and oxygen atoms in total. The zero-order chi connectivity index (χ0) is 15.2. The molecule has 0 aliphatic carbocycles. The Morgan fingerprint density at radius 2 is 2.05 bits per heavy atom. The summed E-state index contributed by atoms with van der Waals surface area (Å²) in [6.45, 7) is -0.379. The van der Waals surface area contributed by atoms with E-state index in [1.54, 1.807) is 31.4 Å². The van der Waals surface area contributed by atoms with E-state index in [1.165, 1.54) is 11.7 Å². The molecule has 0 saturated carbocycles. The van der Waals surface area contributed by atoms with Crippen LogP contribution in [0.2, 0.25) is 0 Å². The van der Waals surface area contributed by atoms with Crippen molar-refractivity contribution in [3.05, 3.63) is 36.4 Å². The van der Waals surface area contributed by atoms with Gasteiger partial charge >= 0.3 is 5.91 Å². The largest absolute Gasteiger partial charge is 0.497 e. The van der Waals surface area contributed by atoms with Crippen molar-refractivity contribution in [2.75, 3.05) is 13.7 Å². The number of carbonyl (C=O) groups excluding carboxylic acids is 2. The van der Waals surface area contributed by atoms with Crippen molar-refractivity contribution >= 4 is 11.8 Å². The summed E-state index contributed by atoms with van der Waals surface area (Å²) >= 11 is 0. The monoisotopic (exact) mass is 291 g/mol. The van der Waals surface area contributed by atoms with Crippen molar-refractivity contribution in [1.82, 2.24) is 15.8 Å². The molecular weight excluding hydrogens is 278 g/mol. The van der Waals surface area contributed by atoms with E-state index >= 15 is 0 Å². The molecule has 8 heteroatoms. The number of nitrogens with one attached hydrogen (secondary N) is 2. The minimum Gasteiger partial charge on any atom is -0.497 e. The number of hydrogen-bond acceptors (Lipinski definition) is 6. The zero-order valence-electron chi connectivity index (χ0n) is 11.1. The van der Waals surface area contributed by atoms with E-state index < -0.39 is 11.8 Å². The average molecular weight is 291 g/mol. The molecule has 3 N–H and O–H groups in total. The number of hydrogen-bond donors (Lipinski definition) is 3. The summed E-state index contributed by atoms with van der Waals surface area (Å²) in [7, 11) is 1.56. The minimum atomic E-state index is -0.745. The van der Waals surface area contributed by atoms with Gasteiger partial charge in [0.05, 0.1) is 19.9 Å². The van der Waals surface area contributed by atoms with E-state index in [4.69, 9.17) is 14.4 Å². The van der Waals surface area contributed by atoms with Crippen LogP contribution in [0.1, 0.15) is 10.7 Å². The second-order valence-corrected chi connectivity index (χ2v) is 3.98. The third-order valence-corrected chi connectivity index (χ3v) is 2.61. The van der Waals surface area contributed by atoms with Crippen LogP contribution in [-0.2, 0) is 4.79 Å². The van der Waals surface area contributed by atoms with E-state index in [2.05, 4.69) is 10.3 Å². The average Bonchev–Trinajstić information content (AvgIpc) is 3.02. The van der Waals surface area contributed by atoms with Crippen LogP contribution in [0, 0.1) is 0 Å². The van der Waals surface area contributed by atoms with Crippen LogP contribution >= 0.6 is 0 Å². The van der Waals surface area contributed by atoms with Crippen LogP contribution in [0.15, 0.2) is 34.9 Å². The molecule has 0 saturated heterocycles. The van der Waals surface area contributed by atoms with Gasteiger partial charge in [0.2, 0.25) is 0 Å². The maximum absolute atomic E-state index is 11.7. The first-order valence-corrected chi connectivity index (χ1v) is 5.95. The quantitative estimate of drug-likeness (QED) is 0.548. The van der Waals surface area contributed by atoms with E-state index in [-0.39, 0.29) is 12.4 Å². The summed E-state index contributed by atoms with van der Waals surface area (Å²) in [5.41, 5.74) is 2.13. The Balaban J connectivity index is 2.06. The molecule has 1 aromatic carbocycles. The molecule has 1 aromatic heterocycles. The Kier molecular flexibility index (Phi) is 4.52. The van der Waals surface area contributed by atoms with Crippen LogP contribution < -0.4 is 15.5 Å².